The molecule has 0 aliphatic heterocycles. The number of nitrogens with zero attached hydrogens (tertiary/aromatic N) is 1. The molecule has 14 heavy (non-hydrogen) atoms. The van der Waals surface area contributed by atoms with Gasteiger partial charge in [-0.05, 0) is 0 Å². The van der Waals surface area contributed by atoms with E-state index in [2.05, 4.69) is 4.98 Å². The van der Waals surface area contributed by atoms with E-state index in [9.17, 15) is 8.78 Å². The summed E-state index contributed by atoms with van der Waals surface area (Å²) in [4.78, 5) is 3.52. The number of pyridine rings is 1. The van der Waals surface area contributed by atoms with Gasteiger partial charge in [0.25, 0.3) is 6.43 Å². The van der Waals surface area contributed by atoms with Crippen LogP contribution in [0.3, 0.4) is 0 Å². The van der Waals surface area contributed by atoms with Crippen LogP contribution in [0.25, 0.3) is 0 Å². The standard InChI is InChI=1S/C8H9ClF2N2O/c1-14-7-4(2-9)3-13-6(5(7)12)8(10)11/h3,8H,2,12H2,1H3. The number of halogens is 3. The number of ether oxygens (including phenoxy) is 1. The fraction of sp³-hybridized carbons (Fsp3) is 0.375. The van der Waals surface area contributed by atoms with Crippen LogP contribution in [0.5, 0.6) is 5.75 Å². The van der Waals surface area contributed by atoms with Gasteiger partial charge in [0, 0.05) is 11.8 Å². The molecule has 0 aliphatic rings. The topological polar surface area (TPSA) is 48.1 Å². The number of methoxy groups -OCH3 is 1. The van der Waals surface area contributed by atoms with Gasteiger partial charge in [0.1, 0.15) is 17.1 Å². The summed E-state index contributed by atoms with van der Waals surface area (Å²) in [6.07, 6.45) is -1.47. The summed E-state index contributed by atoms with van der Waals surface area (Å²) in [6.45, 7) is 0. The summed E-state index contributed by atoms with van der Waals surface area (Å²) in [7, 11) is 1.34. The zero-order valence-corrected chi connectivity index (χ0v) is 8.18. The fourth-order valence-electron chi connectivity index (χ4n) is 1.08. The SMILES string of the molecule is COc1c(CCl)cnc(C(F)F)c1N. The Morgan fingerprint density at radius 1 is 1.64 bits per heavy atom. The second-order valence-electron chi connectivity index (χ2n) is 2.55. The maximum absolute atomic E-state index is 12.3. The molecule has 78 valence electrons. The Bertz CT molecular complexity index is 333. The predicted octanol–water partition coefficient (Wildman–Crippen LogP) is 2.35. The first-order valence-electron chi connectivity index (χ1n) is 3.77. The Kier molecular flexibility index (Phi) is 3.46. The van der Waals surface area contributed by atoms with E-state index in [0.29, 0.717) is 5.56 Å². The maximum Gasteiger partial charge on any atom is 0.282 e. The molecule has 0 unspecified atom stereocenters. The van der Waals surface area contributed by atoms with Gasteiger partial charge in [-0.15, -0.1) is 11.6 Å². The molecule has 1 rings (SSSR count). The van der Waals surface area contributed by atoms with Gasteiger partial charge in [-0.3, -0.25) is 4.98 Å². The minimum Gasteiger partial charge on any atom is -0.494 e. The van der Waals surface area contributed by atoms with Crippen molar-refractivity contribution in [2.24, 2.45) is 0 Å². The molecular formula is C8H9ClF2N2O. The zero-order valence-electron chi connectivity index (χ0n) is 7.43. The van der Waals surface area contributed by atoms with Crippen molar-refractivity contribution in [3.8, 4) is 5.75 Å². The number of anilines is 1. The number of nitrogens with two attached hydrogens (primary N) is 1. The average Bonchev–Trinajstić information content (AvgIpc) is 2.16. The smallest absolute Gasteiger partial charge is 0.282 e. The lowest BCUT2D eigenvalue weighted by Crippen LogP contribution is -2.04. The molecule has 0 radical (unpaired) electrons. The predicted molar refractivity (Wildman–Crippen MR) is 49.7 cm³/mol. The molecule has 1 aromatic rings. The molecule has 0 amide bonds. The van der Waals surface area contributed by atoms with E-state index in [4.69, 9.17) is 22.1 Å². The molecule has 6 heteroatoms. The first-order chi connectivity index (χ1) is 6.61. The number of hydrogen-bond donors (Lipinski definition) is 1. The van der Waals surface area contributed by atoms with Crippen molar-refractivity contribution >= 4 is 17.3 Å². The minimum atomic E-state index is -2.71. The summed E-state index contributed by atoms with van der Waals surface area (Å²) in [5.41, 5.74) is 5.31. The van der Waals surface area contributed by atoms with Crippen molar-refractivity contribution in [3.63, 3.8) is 0 Å². The Balaban J connectivity index is 3.27. The van der Waals surface area contributed by atoms with Gasteiger partial charge in [0.2, 0.25) is 0 Å². The van der Waals surface area contributed by atoms with Crippen molar-refractivity contribution < 1.29 is 13.5 Å². The number of nitrogen functional groups attached to an aromatic ring is 1. The Labute approximate surface area is 84.8 Å². The van der Waals surface area contributed by atoms with Crippen molar-refractivity contribution in [2.45, 2.75) is 12.3 Å². The van der Waals surface area contributed by atoms with Gasteiger partial charge in [0.15, 0.2) is 0 Å². The van der Waals surface area contributed by atoms with E-state index in [-0.39, 0.29) is 17.3 Å². The molecule has 1 aromatic heterocycles. The van der Waals surface area contributed by atoms with Crippen LogP contribution in [0.1, 0.15) is 17.7 Å². The van der Waals surface area contributed by atoms with Crippen LogP contribution in [0.2, 0.25) is 0 Å². The Morgan fingerprint density at radius 3 is 2.71 bits per heavy atom. The molecule has 0 bridgehead atoms. The summed E-state index contributed by atoms with van der Waals surface area (Å²) in [5, 5.41) is 0. The highest BCUT2D eigenvalue weighted by Gasteiger charge is 2.18. The fourth-order valence-corrected chi connectivity index (χ4v) is 1.27. The van der Waals surface area contributed by atoms with Gasteiger partial charge in [-0.2, -0.15) is 0 Å². The van der Waals surface area contributed by atoms with Crippen LogP contribution in [0.15, 0.2) is 6.20 Å². The molecule has 0 aromatic carbocycles. The first kappa shape index (κ1) is 11.0. The van der Waals surface area contributed by atoms with Crippen LogP contribution < -0.4 is 10.5 Å². The van der Waals surface area contributed by atoms with Crippen LogP contribution in [-0.2, 0) is 5.88 Å². The van der Waals surface area contributed by atoms with Gasteiger partial charge in [0.05, 0.1) is 13.0 Å². The lowest BCUT2D eigenvalue weighted by Gasteiger charge is -2.11. The molecule has 1 heterocycles. The molecule has 0 fully saturated rings. The lowest BCUT2D eigenvalue weighted by atomic mass is 10.2. The maximum atomic E-state index is 12.3. The average molecular weight is 223 g/mol. The second-order valence-corrected chi connectivity index (χ2v) is 2.82. The van der Waals surface area contributed by atoms with Gasteiger partial charge in [-0.1, -0.05) is 0 Å². The summed E-state index contributed by atoms with van der Waals surface area (Å²) in [5.74, 6) is 0.287. The van der Waals surface area contributed by atoms with Crippen LogP contribution >= 0.6 is 11.6 Å². The van der Waals surface area contributed by atoms with Crippen molar-refractivity contribution in [3.05, 3.63) is 17.5 Å². The molecule has 0 atom stereocenters. The summed E-state index contributed by atoms with van der Waals surface area (Å²) in [6, 6.07) is 0. The van der Waals surface area contributed by atoms with E-state index in [1.807, 2.05) is 0 Å². The lowest BCUT2D eigenvalue weighted by molar-refractivity contribution is 0.146. The number of aromatic nitrogens is 1. The van der Waals surface area contributed by atoms with Crippen LogP contribution in [0.4, 0.5) is 14.5 Å². The monoisotopic (exact) mass is 222 g/mol. The number of alkyl halides is 3. The highest BCUT2D eigenvalue weighted by Crippen LogP contribution is 2.33. The first-order valence-corrected chi connectivity index (χ1v) is 4.30. The third-order valence-electron chi connectivity index (χ3n) is 1.73. The highest BCUT2D eigenvalue weighted by molar-refractivity contribution is 6.17. The van der Waals surface area contributed by atoms with E-state index >= 15 is 0 Å². The largest absolute Gasteiger partial charge is 0.494 e. The van der Waals surface area contributed by atoms with E-state index < -0.39 is 12.1 Å². The number of rotatable bonds is 3. The molecule has 3 nitrogen and oxygen atoms in total. The molecule has 2 N–H and O–H groups in total. The third kappa shape index (κ3) is 1.87. The Morgan fingerprint density at radius 2 is 2.29 bits per heavy atom. The van der Waals surface area contributed by atoms with Gasteiger partial charge < -0.3 is 10.5 Å². The van der Waals surface area contributed by atoms with Crippen LogP contribution in [0, 0.1) is 0 Å². The molecule has 0 saturated carbocycles. The number of hydrogen-bond acceptors (Lipinski definition) is 3. The molecule has 0 saturated heterocycles. The quantitative estimate of drug-likeness (QED) is 0.799. The van der Waals surface area contributed by atoms with E-state index in [1.165, 1.54) is 13.3 Å². The zero-order chi connectivity index (χ0) is 10.7. The minimum absolute atomic E-state index is 0.115. The van der Waals surface area contributed by atoms with E-state index in [1.54, 1.807) is 0 Å². The molecule has 0 spiro atoms. The molecular weight excluding hydrogens is 214 g/mol. The summed E-state index contributed by atoms with van der Waals surface area (Å²) < 4.78 is 29.6. The summed E-state index contributed by atoms with van der Waals surface area (Å²) >= 11 is 5.55. The second kappa shape index (κ2) is 4.41. The molecule has 0 aliphatic carbocycles. The van der Waals surface area contributed by atoms with E-state index in [0.717, 1.165) is 0 Å². The third-order valence-corrected chi connectivity index (χ3v) is 2.01. The normalized spacial score (nSPS) is 10.6. The highest BCUT2D eigenvalue weighted by atomic mass is 35.5. The van der Waals surface area contributed by atoms with Crippen LogP contribution in [-0.4, -0.2) is 12.1 Å². The van der Waals surface area contributed by atoms with Crippen molar-refractivity contribution in [2.75, 3.05) is 12.8 Å². The van der Waals surface area contributed by atoms with Gasteiger partial charge >= 0.3 is 0 Å². The van der Waals surface area contributed by atoms with Crippen molar-refractivity contribution in [1.82, 2.24) is 4.98 Å². The van der Waals surface area contributed by atoms with Crippen molar-refractivity contribution in [1.29, 1.82) is 0 Å². The Hall–Kier alpha value is -1.10. The van der Waals surface area contributed by atoms with Gasteiger partial charge in [-0.25, -0.2) is 8.78 Å².